The Bertz CT molecular complexity index is 546. The van der Waals surface area contributed by atoms with E-state index in [1.807, 2.05) is 7.05 Å². The molecule has 7 heteroatoms. The molecule has 2 rings (SSSR count). The normalized spacial score (nSPS) is 17.3. The van der Waals surface area contributed by atoms with Crippen LogP contribution in [0.5, 0.6) is 0 Å². The summed E-state index contributed by atoms with van der Waals surface area (Å²) in [6, 6.07) is -0.124. The van der Waals surface area contributed by atoms with Crippen molar-refractivity contribution in [2.24, 2.45) is 18.9 Å². The van der Waals surface area contributed by atoms with Gasteiger partial charge in [-0.3, -0.25) is 14.3 Å². The molecular formula is C16H27N5O2. The first kappa shape index (κ1) is 17.4. The summed E-state index contributed by atoms with van der Waals surface area (Å²) in [6.07, 6.45) is 3.78. The van der Waals surface area contributed by atoms with Gasteiger partial charge >= 0.3 is 0 Å². The molecule has 1 aromatic heterocycles. The van der Waals surface area contributed by atoms with Crippen molar-refractivity contribution in [3.8, 4) is 0 Å². The first-order valence-electron chi connectivity index (χ1n) is 8.28. The standard InChI is InChI=1S/C16H27N5O2/c1-11(2)9-14(15-17-10-18-20(15)4)19-16(23)13-5-7-21(8-6-13)12(3)22/h10-11,13-14H,5-9H2,1-4H3,(H,19,23)/t14-/m1/s1. The zero-order chi connectivity index (χ0) is 17.0. The van der Waals surface area contributed by atoms with Crippen LogP contribution in [0.3, 0.4) is 0 Å². The van der Waals surface area contributed by atoms with Gasteiger partial charge in [-0.2, -0.15) is 5.10 Å². The first-order chi connectivity index (χ1) is 10.9. The molecule has 1 N–H and O–H groups in total. The monoisotopic (exact) mass is 321 g/mol. The van der Waals surface area contributed by atoms with Gasteiger partial charge in [0, 0.05) is 33.0 Å². The number of amides is 2. The maximum atomic E-state index is 12.6. The molecule has 23 heavy (non-hydrogen) atoms. The lowest BCUT2D eigenvalue weighted by atomic mass is 9.94. The second-order valence-electron chi connectivity index (χ2n) is 6.71. The van der Waals surface area contributed by atoms with E-state index in [0.29, 0.717) is 19.0 Å². The summed E-state index contributed by atoms with van der Waals surface area (Å²) < 4.78 is 1.71. The Hall–Kier alpha value is -1.92. The van der Waals surface area contributed by atoms with E-state index >= 15 is 0 Å². The van der Waals surface area contributed by atoms with Gasteiger partial charge in [-0.25, -0.2) is 4.98 Å². The van der Waals surface area contributed by atoms with Gasteiger partial charge in [0.15, 0.2) is 0 Å². The number of carbonyl (C=O) groups excluding carboxylic acids is 2. The molecular weight excluding hydrogens is 294 g/mol. The molecule has 2 amide bonds. The molecule has 0 unspecified atom stereocenters. The van der Waals surface area contributed by atoms with Crippen molar-refractivity contribution in [3.63, 3.8) is 0 Å². The van der Waals surface area contributed by atoms with Crippen LogP contribution < -0.4 is 5.32 Å². The summed E-state index contributed by atoms with van der Waals surface area (Å²) in [4.78, 5) is 30.1. The minimum absolute atomic E-state index is 0.0338. The van der Waals surface area contributed by atoms with Crippen LogP contribution in [0, 0.1) is 11.8 Å². The fourth-order valence-corrected chi connectivity index (χ4v) is 3.07. The zero-order valence-electron chi connectivity index (χ0n) is 14.5. The number of carbonyl (C=O) groups is 2. The Morgan fingerprint density at radius 3 is 2.48 bits per heavy atom. The molecule has 128 valence electrons. The van der Waals surface area contributed by atoms with Gasteiger partial charge in [0.25, 0.3) is 0 Å². The summed E-state index contributed by atoms with van der Waals surface area (Å²) >= 11 is 0. The van der Waals surface area contributed by atoms with E-state index < -0.39 is 0 Å². The second kappa shape index (κ2) is 7.57. The van der Waals surface area contributed by atoms with Gasteiger partial charge in [0.2, 0.25) is 11.8 Å². The van der Waals surface area contributed by atoms with Gasteiger partial charge in [-0.1, -0.05) is 13.8 Å². The number of piperidine rings is 1. The lowest BCUT2D eigenvalue weighted by Gasteiger charge is -2.31. The maximum Gasteiger partial charge on any atom is 0.223 e. The highest BCUT2D eigenvalue weighted by Gasteiger charge is 2.29. The van der Waals surface area contributed by atoms with Crippen LogP contribution in [0.4, 0.5) is 0 Å². The molecule has 1 fully saturated rings. The molecule has 7 nitrogen and oxygen atoms in total. The fraction of sp³-hybridized carbons (Fsp3) is 0.750. The van der Waals surface area contributed by atoms with Crippen molar-refractivity contribution >= 4 is 11.8 Å². The number of hydrogen-bond acceptors (Lipinski definition) is 4. The third-order valence-electron chi connectivity index (χ3n) is 4.39. The Labute approximate surface area is 137 Å². The number of aromatic nitrogens is 3. The fourth-order valence-electron chi connectivity index (χ4n) is 3.07. The molecule has 0 aliphatic carbocycles. The number of rotatable bonds is 5. The van der Waals surface area contributed by atoms with Crippen molar-refractivity contribution in [1.29, 1.82) is 0 Å². The Morgan fingerprint density at radius 1 is 1.35 bits per heavy atom. The predicted octanol–water partition coefficient (Wildman–Crippen LogP) is 1.28. The molecule has 1 atom stereocenters. The van der Waals surface area contributed by atoms with Crippen LogP contribution in [-0.2, 0) is 16.6 Å². The molecule has 1 aromatic rings. The molecule has 2 heterocycles. The van der Waals surface area contributed by atoms with Gasteiger partial charge in [0.1, 0.15) is 12.2 Å². The second-order valence-corrected chi connectivity index (χ2v) is 6.71. The van der Waals surface area contributed by atoms with Crippen molar-refractivity contribution in [1.82, 2.24) is 25.0 Å². The SMILES string of the molecule is CC(=O)N1CCC(C(=O)N[C@H](CC(C)C)c2ncnn2C)CC1. The molecule has 0 radical (unpaired) electrons. The summed E-state index contributed by atoms with van der Waals surface area (Å²) in [5.74, 6) is 1.33. The number of likely N-dealkylation sites (tertiary alicyclic amines) is 1. The minimum atomic E-state index is -0.124. The highest BCUT2D eigenvalue weighted by molar-refractivity contribution is 5.80. The van der Waals surface area contributed by atoms with E-state index in [4.69, 9.17) is 0 Å². The third kappa shape index (κ3) is 4.53. The van der Waals surface area contributed by atoms with Crippen molar-refractivity contribution in [3.05, 3.63) is 12.2 Å². The van der Waals surface area contributed by atoms with Crippen LogP contribution in [0.2, 0.25) is 0 Å². The van der Waals surface area contributed by atoms with Crippen LogP contribution in [-0.4, -0.2) is 44.6 Å². The first-order valence-corrected chi connectivity index (χ1v) is 8.28. The molecule has 0 bridgehead atoms. The van der Waals surface area contributed by atoms with Gasteiger partial charge in [0.05, 0.1) is 6.04 Å². The number of aryl methyl sites for hydroxylation is 1. The molecule has 0 spiro atoms. The van der Waals surface area contributed by atoms with Crippen LogP contribution in [0.25, 0.3) is 0 Å². The molecule has 1 saturated heterocycles. The van der Waals surface area contributed by atoms with E-state index in [0.717, 1.165) is 25.1 Å². The van der Waals surface area contributed by atoms with Crippen molar-refractivity contribution in [2.75, 3.05) is 13.1 Å². The summed E-state index contributed by atoms with van der Waals surface area (Å²) in [7, 11) is 1.84. The average molecular weight is 321 g/mol. The van der Waals surface area contributed by atoms with E-state index in [1.54, 1.807) is 16.5 Å². The molecule has 0 aromatic carbocycles. The van der Waals surface area contributed by atoms with E-state index in [2.05, 4.69) is 29.2 Å². The zero-order valence-corrected chi connectivity index (χ0v) is 14.5. The molecule has 1 aliphatic rings. The topological polar surface area (TPSA) is 80.1 Å². The number of nitrogens with one attached hydrogen (secondary N) is 1. The third-order valence-corrected chi connectivity index (χ3v) is 4.39. The lowest BCUT2D eigenvalue weighted by molar-refractivity contribution is -0.134. The van der Waals surface area contributed by atoms with Gasteiger partial charge in [-0.05, 0) is 25.2 Å². The minimum Gasteiger partial charge on any atom is -0.346 e. The summed E-state index contributed by atoms with van der Waals surface area (Å²) in [6.45, 7) is 7.15. The van der Waals surface area contributed by atoms with Gasteiger partial charge < -0.3 is 10.2 Å². The van der Waals surface area contributed by atoms with Crippen molar-refractivity contribution < 1.29 is 9.59 Å². The average Bonchev–Trinajstić information content (AvgIpc) is 2.92. The lowest BCUT2D eigenvalue weighted by Crippen LogP contribution is -2.43. The number of hydrogen-bond donors (Lipinski definition) is 1. The Balaban J connectivity index is 1.98. The highest BCUT2D eigenvalue weighted by Crippen LogP contribution is 2.22. The predicted molar refractivity (Wildman–Crippen MR) is 86.3 cm³/mol. The Kier molecular flexibility index (Phi) is 5.74. The van der Waals surface area contributed by atoms with E-state index in [1.165, 1.54) is 6.33 Å². The summed E-state index contributed by atoms with van der Waals surface area (Å²) in [5, 5.41) is 7.24. The van der Waals surface area contributed by atoms with E-state index in [-0.39, 0.29) is 23.8 Å². The number of nitrogens with zero attached hydrogens (tertiary/aromatic N) is 4. The van der Waals surface area contributed by atoms with E-state index in [9.17, 15) is 9.59 Å². The smallest absolute Gasteiger partial charge is 0.223 e. The Morgan fingerprint density at radius 2 is 2.00 bits per heavy atom. The molecule has 1 aliphatic heterocycles. The largest absolute Gasteiger partial charge is 0.346 e. The van der Waals surface area contributed by atoms with Crippen LogP contribution in [0.1, 0.15) is 51.9 Å². The van der Waals surface area contributed by atoms with Crippen molar-refractivity contribution in [2.45, 2.75) is 46.1 Å². The van der Waals surface area contributed by atoms with Crippen LogP contribution >= 0.6 is 0 Å². The molecule has 0 saturated carbocycles. The maximum absolute atomic E-state index is 12.6. The quantitative estimate of drug-likeness (QED) is 0.886. The highest BCUT2D eigenvalue weighted by atomic mass is 16.2. The van der Waals surface area contributed by atoms with Gasteiger partial charge in [-0.15, -0.1) is 0 Å². The van der Waals surface area contributed by atoms with Crippen LogP contribution in [0.15, 0.2) is 6.33 Å². The summed E-state index contributed by atoms with van der Waals surface area (Å²) in [5.41, 5.74) is 0.